The molecule has 1 N–H and O–H groups in total. The fourth-order valence-corrected chi connectivity index (χ4v) is 2.25. The van der Waals surface area contributed by atoms with Gasteiger partial charge in [0.15, 0.2) is 6.61 Å². The lowest BCUT2D eigenvalue weighted by Crippen LogP contribution is -2.50. The number of rotatable bonds is 9. The molecule has 0 saturated carbocycles. The second-order valence-electron chi connectivity index (χ2n) is 6.54. The number of halogens is 1. The third-order valence-electron chi connectivity index (χ3n) is 4.07. The Balaban J connectivity index is 2.28. The summed E-state index contributed by atoms with van der Waals surface area (Å²) in [5.41, 5.74) is -0.0734. The Labute approximate surface area is 159 Å². The molecule has 1 rings (SSSR count). The van der Waals surface area contributed by atoms with Crippen molar-refractivity contribution in [2.75, 3.05) is 13.2 Å². The van der Waals surface area contributed by atoms with Crippen LogP contribution < -0.4 is 10.1 Å². The molecule has 26 heavy (non-hydrogen) atoms. The van der Waals surface area contributed by atoms with Crippen molar-refractivity contribution in [3.63, 3.8) is 0 Å². The predicted molar refractivity (Wildman–Crippen MR) is 98.9 cm³/mol. The summed E-state index contributed by atoms with van der Waals surface area (Å²) in [6.45, 7) is 7.13. The smallest absolute Gasteiger partial charge is 0.306 e. The molecule has 0 saturated heterocycles. The summed E-state index contributed by atoms with van der Waals surface area (Å²) < 4.78 is 10.5. The first-order chi connectivity index (χ1) is 12.2. The average molecular weight is 381 g/mol. The number of carbonyl (C=O) groups excluding carboxylic acids is 2. The van der Waals surface area contributed by atoms with Gasteiger partial charge >= 0.3 is 5.97 Å². The molecule has 1 aromatic carbocycles. The summed E-state index contributed by atoms with van der Waals surface area (Å²) in [7, 11) is 0. The van der Waals surface area contributed by atoms with Crippen molar-refractivity contribution < 1.29 is 19.1 Å². The molecule has 0 aliphatic carbocycles. The van der Waals surface area contributed by atoms with Gasteiger partial charge in [-0.05, 0) is 49.9 Å². The number of hydrogen-bond acceptors (Lipinski definition) is 5. The molecule has 6 nitrogen and oxygen atoms in total. The van der Waals surface area contributed by atoms with Crippen LogP contribution in [-0.4, -0.2) is 30.6 Å². The minimum Gasteiger partial charge on any atom is -0.493 e. The molecule has 142 valence electrons. The number of nitrogens with one attached hydrogen (secondary N) is 1. The zero-order valence-electron chi connectivity index (χ0n) is 15.6. The van der Waals surface area contributed by atoms with Crippen molar-refractivity contribution in [2.24, 2.45) is 5.92 Å². The molecule has 1 atom stereocenters. The van der Waals surface area contributed by atoms with Crippen LogP contribution in [0.1, 0.15) is 39.2 Å². The van der Waals surface area contributed by atoms with E-state index in [4.69, 9.17) is 26.3 Å². The standard InChI is InChI=1S/C19H25ClN2O4/c1-13(2)19(4,12-21)22-17(23)11-26-18(24)6-5-9-25-16-8-7-15(20)10-14(16)3/h7-8,10,13H,5-6,9,11H2,1-4H3,(H,22,23)/t19-/m1/s1. The van der Waals surface area contributed by atoms with Crippen molar-refractivity contribution in [1.82, 2.24) is 5.32 Å². The molecule has 0 bridgehead atoms. The summed E-state index contributed by atoms with van der Waals surface area (Å²) in [6, 6.07) is 7.38. The number of hydrogen-bond donors (Lipinski definition) is 1. The van der Waals surface area contributed by atoms with E-state index in [9.17, 15) is 9.59 Å². The van der Waals surface area contributed by atoms with Gasteiger partial charge in [-0.2, -0.15) is 5.26 Å². The number of carbonyl (C=O) groups is 2. The molecule has 0 aliphatic heterocycles. The predicted octanol–water partition coefficient (Wildman–Crippen LogP) is 3.41. The number of ether oxygens (including phenoxy) is 2. The lowest BCUT2D eigenvalue weighted by atomic mass is 9.90. The van der Waals surface area contributed by atoms with Crippen LogP contribution in [0.2, 0.25) is 5.02 Å². The second-order valence-corrected chi connectivity index (χ2v) is 6.98. The van der Waals surface area contributed by atoms with Crippen LogP contribution in [-0.2, 0) is 14.3 Å². The first-order valence-electron chi connectivity index (χ1n) is 8.44. The maximum absolute atomic E-state index is 11.8. The summed E-state index contributed by atoms with van der Waals surface area (Å²) in [4.78, 5) is 23.5. The topological polar surface area (TPSA) is 88.4 Å². The molecule has 1 aromatic rings. The van der Waals surface area contributed by atoms with Gasteiger partial charge in [-0.1, -0.05) is 25.4 Å². The van der Waals surface area contributed by atoms with E-state index >= 15 is 0 Å². The highest BCUT2D eigenvalue weighted by molar-refractivity contribution is 6.30. The van der Waals surface area contributed by atoms with Crippen molar-refractivity contribution in [2.45, 2.75) is 46.1 Å². The summed E-state index contributed by atoms with van der Waals surface area (Å²) in [6.07, 6.45) is 0.601. The molecular formula is C19H25ClN2O4. The van der Waals surface area contributed by atoms with Crippen molar-refractivity contribution in [3.8, 4) is 11.8 Å². The number of benzene rings is 1. The van der Waals surface area contributed by atoms with E-state index < -0.39 is 24.0 Å². The molecule has 0 spiro atoms. The molecule has 0 aromatic heterocycles. The Bertz CT molecular complexity index is 685. The number of nitrogens with zero attached hydrogens (tertiary/aromatic N) is 1. The van der Waals surface area contributed by atoms with E-state index in [1.54, 1.807) is 25.1 Å². The van der Waals surface area contributed by atoms with Gasteiger partial charge in [0.1, 0.15) is 11.3 Å². The van der Waals surface area contributed by atoms with Crippen LogP contribution in [0.3, 0.4) is 0 Å². The minimum absolute atomic E-state index is 0.0689. The average Bonchev–Trinajstić information content (AvgIpc) is 2.58. The molecular weight excluding hydrogens is 356 g/mol. The summed E-state index contributed by atoms with van der Waals surface area (Å²) in [5, 5.41) is 12.4. The van der Waals surface area contributed by atoms with E-state index in [-0.39, 0.29) is 12.3 Å². The molecule has 7 heteroatoms. The first kappa shape index (κ1) is 21.8. The third kappa shape index (κ3) is 6.93. The van der Waals surface area contributed by atoms with Gasteiger partial charge < -0.3 is 14.8 Å². The molecule has 0 radical (unpaired) electrons. The van der Waals surface area contributed by atoms with Crippen LogP contribution in [0.5, 0.6) is 5.75 Å². The maximum Gasteiger partial charge on any atom is 0.306 e. The Morgan fingerprint density at radius 1 is 1.38 bits per heavy atom. The zero-order valence-corrected chi connectivity index (χ0v) is 16.4. The first-order valence-corrected chi connectivity index (χ1v) is 8.82. The van der Waals surface area contributed by atoms with E-state index in [1.807, 2.05) is 20.8 Å². The lowest BCUT2D eigenvalue weighted by Gasteiger charge is -2.27. The van der Waals surface area contributed by atoms with Crippen LogP contribution in [0.4, 0.5) is 0 Å². The van der Waals surface area contributed by atoms with Gasteiger partial charge in [0.2, 0.25) is 0 Å². The Kier molecular flexibility index (Phi) is 8.40. The highest BCUT2D eigenvalue weighted by Crippen LogP contribution is 2.22. The fourth-order valence-electron chi connectivity index (χ4n) is 2.02. The maximum atomic E-state index is 11.8. The van der Waals surface area contributed by atoms with Gasteiger partial charge in [0.25, 0.3) is 5.91 Å². The van der Waals surface area contributed by atoms with Crippen LogP contribution in [0, 0.1) is 24.2 Å². The molecule has 0 aliphatic rings. The van der Waals surface area contributed by atoms with Gasteiger partial charge in [0.05, 0.1) is 12.7 Å². The van der Waals surface area contributed by atoms with Crippen molar-refractivity contribution in [3.05, 3.63) is 28.8 Å². The van der Waals surface area contributed by atoms with Crippen LogP contribution in [0.15, 0.2) is 18.2 Å². The van der Waals surface area contributed by atoms with Crippen LogP contribution >= 0.6 is 11.6 Å². The number of nitriles is 1. The molecule has 0 unspecified atom stereocenters. The van der Waals surface area contributed by atoms with Gasteiger partial charge in [-0.25, -0.2) is 0 Å². The largest absolute Gasteiger partial charge is 0.493 e. The number of aryl methyl sites for hydroxylation is 1. The summed E-state index contributed by atoms with van der Waals surface area (Å²) >= 11 is 5.88. The second kappa shape index (κ2) is 10.0. The zero-order chi connectivity index (χ0) is 19.7. The fraction of sp³-hybridized carbons (Fsp3) is 0.526. The molecule has 0 heterocycles. The highest BCUT2D eigenvalue weighted by atomic mass is 35.5. The number of amides is 1. The minimum atomic E-state index is -0.992. The van der Waals surface area contributed by atoms with Gasteiger partial charge in [-0.15, -0.1) is 0 Å². The highest BCUT2D eigenvalue weighted by Gasteiger charge is 2.30. The van der Waals surface area contributed by atoms with Crippen molar-refractivity contribution >= 4 is 23.5 Å². The van der Waals surface area contributed by atoms with E-state index in [2.05, 4.69) is 11.4 Å². The van der Waals surface area contributed by atoms with E-state index in [0.29, 0.717) is 23.8 Å². The molecule has 1 amide bonds. The Hall–Kier alpha value is -2.26. The monoisotopic (exact) mass is 380 g/mol. The third-order valence-corrected chi connectivity index (χ3v) is 4.31. The van der Waals surface area contributed by atoms with Crippen LogP contribution in [0.25, 0.3) is 0 Å². The lowest BCUT2D eigenvalue weighted by molar-refractivity contribution is -0.149. The Morgan fingerprint density at radius 3 is 2.65 bits per heavy atom. The SMILES string of the molecule is Cc1cc(Cl)ccc1OCCCC(=O)OCC(=O)N[C@](C)(C#N)C(C)C. The van der Waals surface area contributed by atoms with E-state index in [0.717, 1.165) is 5.56 Å². The summed E-state index contributed by atoms with van der Waals surface area (Å²) in [5.74, 6) is -0.337. The van der Waals surface area contributed by atoms with Crippen molar-refractivity contribution in [1.29, 1.82) is 5.26 Å². The van der Waals surface area contributed by atoms with E-state index in [1.165, 1.54) is 0 Å². The van der Waals surface area contributed by atoms with Gasteiger partial charge in [0, 0.05) is 11.4 Å². The molecule has 0 fully saturated rings. The Morgan fingerprint density at radius 2 is 2.08 bits per heavy atom. The number of esters is 1. The normalized spacial score (nSPS) is 12.8. The quantitative estimate of drug-likeness (QED) is 0.524. The van der Waals surface area contributed by atoms with Gasteiger partial charge in [-0.3, -0.25) is 9.59 Å².